The molecule has 1 N–H and O–H groups in total. The number of non-ortho nitro benzene ring substituents is 1. The van der Waals surface area contributed by atoms with Gasteiger partial charge < -0.3 is 9.80 Å². The Labute approximate surface area is 151 Å². The molecule has 0 unspecified atom stereocenters. The Morgan fingerprint density at radius 1 is 1.20 bits per heavy atom. The van der Waals surface area contributed by atoms with Gasteiger partial charge in [-0.25, -0.2) is 0 Å². The number of hydrogen-bond acceptors (Lipinski definition) is 4. The van der Waals surface area contributed by atoms with E-state index in [4.69, 9.17) is 16.9 Å². The number of hydrogen-bond donors (Lipinski definition) is 1. The van der Waals surface area contributed by atoms with Gasteiger partial charge in [-0.15, -0.1) is 0 Å². The van der Waals surface area contributed by atoms with E-state index in [0.717, 1.165) is 38.4 Å². The first-order valence-electron chi connectivity index (χ1n) is 8.08. The van der Waals surface area contributed by atoms with E-state index in [1.165, 1.54) is 22.6 Å². The molecular formula is C18H18ClN4O2+. The van der Waals surface area contributed by atoms with Crippen molar-refractivity contribution >= 4 is 23.0 Å². The van der Waals surface area contributed by atoms with E-state index in [2.05, 4.69) is 11.0 Å². The molecule has 25 heavy (non-hydrogen) atoms. The highest BCUT2D eigenvalue weighted by molar-refractivity contribution is 6.33. The van der Waals surface area contributed by atoms with Gasteiger partial charge in [0.15, 0.2) is 0 Å². The number of nitriles is 1. The first-order valence-corrected chi connectivity index (χ1v) is 8.46. The fraction of sp³-hybridized carbons (Fsp3) is 0.278. The lowest BCUT2D eigenvalue weighted by molar-refractivity contribution is -0.914. The number of piperazine rings is 1. The Hall–Kier alpha value is -2.62. The highest BCUT2D eigenvalue weighted by Gasteiger charge is 2.22. The maximum absolute atomic E-state index is 10.8. The molecule has 1 saturated heterocycles. The number of rotatable bonds is 4. The molecule has 0 saturated carbocycles. The molecule has 0 amide bonds. The van der Waals surface area contributed by atoms with E-state index in [0.29, 0.717) is 10.6 Å². The van der Waals surface area contributed by atoms with Crippen LogP contribution in [0, 0.1) is 21.4 Å². The average Bonchev–Trinajstić information content (AvgIpc) is 2.63. The second-order valence-electron chi connectivity index (χ2n) is 6.12. The van der Waals surface area contributed by atoms with Gasteiger partial charge in [0.05, 0.1) is 53.4 Å². The minimum Gasteiger partial charge on any atom is -0.359 e. The lowest BCUT2D eigenvalue weighted by Crippen LogP contribution is -3.13. The minimum absolute atomic E-state index is 0.0128. The molecule has 1 fully saturated rings. The van der Waals surface area contributed by atoms with E-state index < -0.39 is 4.92 Å². The largest absolute Gasteiger partial charge is 0.359 e. The monoisotopic (exact) mass is 357 g/mol. The Kier molecular flexibility index (Phi) is 5.17. The van der Waals surface area contributed by atoms with Crippen LogP contribution in [0.1, 0.15) is 11.1 Å². The van der Waals surface area contributed by atoms with E-state index >= 15 is 0 Å². The van der Waals surface area contributed by atoms with E-state index in [1.807, 2.05) is 24.3 Å². The molecule has 1 heterocycles. The standard InChI is InChI=1S/C18H17ClN4O2/c19-17-11-16(23(24)25)5-6-18(17)22-9-7-21(8-10-22)13-15-3-1-14(12-20)2-4-15/h1-6,11H,7-10,13H2/p+1. The zero-order chi connectivity index (χ0) is 17.8. The maximum atomic E-state index is 10.8. The van der Waals surface area contributed by atoms with Gasteiger partial charge in [-0.1, -0.05) is 23.7 Å². The van der Waals surface area contributed by atoms with Crippen molar-refractivity contribution in [1.82, 2.24) is 0 Å². The Morgan fingerprint density at radius 2 is 1.88 bits per heavy atom. The third-order valence-corrected chi connectivity index (χ3v) is 4.79. The van der Waals surface area contributed by atoms with Gasteiger partial charge in [-0.3, -0.25) is 10.1 Å². The molecule has 3 rings (SSSR count). The summed E-state index contributed by atoms with van der Waals surface area (Å²) in [6.45, 7) is 4.56. The second-order valence-corrected chi connectivity index (χ2v) is 6.52. The number of anilines is 1. The predicted molar refractivity (Wildman–Crippen MR) is 95.9 cm³/mol. The van der Waals surface area contributed by atoms with Gasteiger partial charge in [0.1, 0.15) is 6.54 Å². The summed E-state index contributed by atoms with van der Waals surface area (Å²) in [7, 11) is 0. The lowest BCUT2D eigenvalue weighted by atomic mass is 10.1. The van der Waals surface area contributed by atoms with Crippen molar-refractivity contribution in [2.45, 2.75) is 6.54 Å². The normalized spacial score (nSPS) is 15.0. The van der Waals surface area contributed by atoms with Crippen molar-refractivity contribution in [1.29, 1.82) is 5.26 Å². The molecule has 0 radical (unpaired) electrons. The number of nitrogens with zero attached hydrogens (tertiary/aromatic N) is 3. The van der Waals surface area contributed by atoms with Gasteiger partial charge in [-0.05, 0) is 18.2 Å². The molecule has 1 aliphatic rings. The maximum Gasteiger partial charge on any atom is 0.271 e. The van der Waals surface area contributed by atoms with E-state index in [1.54, 1.807) is 6.07 Å². The van der Waals surface area contributed by atoms with Crippen LogP contribution in [-0.2, 0) is 6.54 Å². The quantitative estimate of drug-likeness (QED) is 0.671. The number of benzene rings is 2. The van der Waals surface area contributed by atoms with Crippen LogP contribution in [0.4, 0.5) is 11.4 Å². The first-order chi connectivity index (χ1) is 12.1. The van der Waals surface area contributed by atoms with Crippen molar-refractivity contribution in [3.8, 4) is 6.07 Å². The van der Waals surface area contributed by atoms with Crippen LogP contribution in [0.25, 0.3) is 0 Å². The van der Waals surface area contributed by atoms with Gasteiger partial charge >= 0.3 is 0 Å². The van der Waals surface area contributed by atoms with Gasteiger partial charge in [0, 0.05) is 17.7 Å². The van der Waals surface area contributed by atoms with E-state index in [9.17, 15) is 10.1 Å². The van der Waals surface area contributed by atoms with Crippen LogP contribution in [0.3, 0.4) is 0 Å². The fourth-order valence-corrected chi connectivity index (χ4v) is 3.39. The second kappa shape index (κ2) is 7.51. The number of nitrogens with one attached hydrogen (secondary N) is 1. The number of nitro groups is 1. The number of halogens is 1. The highest BCUT2D eigenvalue weighted by Crippen LogP contribution is 2.29. The topological polar surface area (TPSA) is 74.6 Å². The van der Waals surface area contributed by atoms with Crippen molar-refractivity contribution < 1.29 is 9.82 Å². The molecular weight excluding hydrogens is 340 g/mol. The van der Waals surface area contributed by atoms with Crippen LogP contribution in [0.5, 0.6) is 0 Å². The van der Waals surface area contributed by atoms with Gasteiger partial charge in [-0.2, -0.15) is 5.26 Å². The molecule has 1 aliphatic heterocycles. The fourth-order valence-electron chi connectivity index (χ4n) is 3.09. The molecule has 0 bridgehead atoms. The van der Waals surface area contributed by atoms with Crippen LogP contribution in [0.15, 0.2) is 42.5 Å². The van der Waals surface area contributed by atoms with Crippen LogP contribution >= 0.6 is 11.6 Å². The van der Waals surface area contributed by atoms with E-state index in [-0.39, 0.29) is 5.69 Å². The summed E-state index contributed by atoms with van der Waals surface area (Å²) in [5.74, 6) is 0. The van der Waals surface area contributed by atoms with Crippen LogP contribution < -0.4 is 9.80 Å². The molecule has 0 atom stereocenters. The highest BCUT2D eigenvalue weighted by atomic mass is 35.5. The summed E-state index contributed by atoms with van der Waals surface area (Å²) in [5, 5.41) is 20.1. The van der Waals surface area contributed by atoms with Crippen LogP contribution in [-0.4, -0.2) is 31.1 Å². The predicted octanol–water partition coefficient (Wildman–Crippen LogP) is 2.02. The van der Waals surface area contributed by atoms with Crippen molar-refractivity contribution in [2.24, 2.45) is 0 Å². The van der Waals surface area contributed by atoms with Gasteiger partial charge in [0.2, 0.25) is 0 Å². The van der Waals surface area contributed by atoms with Crippen molar-refractivity contribution in [3.05, 3.63) is 68.7 Å². The molecule has 2 aromatic carbocycles. The molecule has 2 aromatic rings. The summed E-state index contributed by atoms with van der Waals surface area (Å²) in [6, 6.07) is 14.5. The molecule has 0 aromatic heterocycles. The molecule has 128 valence electrons. The summed E-state index contributed by atoms with van der Waals surface area (Å²) in [4.78, 5) is 14.0. The lowest BCUT2D eigenvalue weighted by Gasteiger charge is -2.34. The third kappa shape index (κ3) is 4.08. The smallest absolute Gasteiger partial charge is 0.271 e. The number of nitro benzene ring substituents is 1. The average molecular weight is 358 g/mol. The summed E-state index contributed by atoms with van der Waals surface area (Å²) in [5.41, 5.74) is 2.76. The molecule has 6 nitrogen and oxygen atoms in total. The SMILES string of the molecule is N#Cc1ccc(C[NH+]2CCN(c3ccc([N+](=O)[O-])cc3Cl)CC2)cc1. The summed E-state index contributed by atoms with van der Waals surface area (Å²) in [6.07, 6.45) is 0. The Bertz CT molecular complexity index is 809. The molecule has 7 heteroatoms. The summed E-state index contributed by atoms with van der Waals surface area (Å²) >= 11 is 6.22. The molecule has 0 aliphatic carbocycles. The third-order valence-electron chi connectivity index (χ3n) is 4.49. The van der Waals surface area contributed by atoms with Gasteiger partial charge in [0.25, 0.3) is 5.69 Å². The van der Waals surface area contributed by atoms with Crippen molar-refractivity contribution in [3.63, 3.8) is 0 Å². The molecule has 0 spiro atoms. The number of quaternary nitrogens is 1. The van der Waals surface area contributed by atoms with Crippen molar-refractivity contribution in [2.75, 3.05) is 31.1 Å². The zero-order valence-corrected chi connectivity index (χ0v) is 14.4. The minimum atomic E-state index is -0.435. The zero-order valence-electron chi connectivity index (χ0n) is 13.6. The van der Waals surface area contributed by atoms with Crippen LogP contribution in [0.2, 0.25) is 5.02 Å². The Morgan fingerprint density at radius 3 is 2.44 bits per heavy atom. The first kappa shape index (κ1) is 17.2. The summed E-state index contributed by atoms with van der Waals surface area (Å²) < 4.78 is 0. The Balaban J connectivity index is 1.60.